The maximum absolute atomic E-state index is 13.3. The maximum atomic E-state index is 13.3. The minimum Gasteiger partial charge on any atom is -0.439 e. The Kier molecular flexibility index (Phi) is 5.34. The number of thiophene rings is 1. The molecule has 6 heteroatoms. The van der Waals surface area contributed by atoms with Crippen molar-refractivity contribution in [1.29, 1.82) is 0 Å². The zero-order valence-electron chi connectivity index (χ0n) is 14.2. The van der Waals surface area contributed by atoms with Crippen LogP contribution in [0.25, 0.3) is 11.3 Å². The molecule has 2 aromatic carbocycles. The van der Waals surface area contributed by atoms with Crippen LogP contribution >= 0.6 is 22.9 Å². The van der Waals surface area contributed by atoms with E-state index in [1.807, 2.05) is 35.7 Å². The molecule has 4 rings (SSSR count). The zero-order valence-corrected chi connectivity index (χ0v) is 15.8. The third-order valence-electron chi connectivity index (χ3n) is 4.17. The van der Waals surface area contributed by atoms with Crippen molar-refractivity contribution in [3.63, 3.8) is 0 Å². The van der Waals surface area contributed by atoms with Gasteiger partial charge in [-0.25, -0.2) is 9.37 Å². The molecular formula is C21H16ClFN2OS. The molecule has 0 aliphatic rings. The van der Waals surface area contributed by atoms with Crippen LogP contribution in [0.15, 0.2) is 76.7 Å². The quantitative estimate of drug-likeness (QED) is 0.428. The normalized spacial score (nSPS) is 12.2. The van der Waals surface area contributed by atoms with E-state index in [1.165, 1.54) is 12.1 Å². The molecule has 0 saturated carbocycles. The summed E-state index contributed by atoms with van der Waals surface area (Å²) in [5.41, 5.74) is 1.91. The van der Waals surface area contributed by atoms with Gasteiger partial charge in [-0.1, -0.05) is 29.8 Å². The summed E-state index contributed by atoms with van der Waals surface area (Å²) in [6.07, 6.45) is 1.71. The Morgan fingerprint density at radius 3 is 2.56 bits per heavy atom. The third kappa shape index (κ3) is 4.27. The molecule has 27 heavy (non-hydrogen) atoms. The first-order chi connectivity index (χ1) is 13.2. The fourth-order valence-corrected chi connectivity index (χ4v) is 3.78. The van der Waals surface area contributed by atoms with Crippen molar-refractivity contribution < 1.29 is 8.81 Å². The van der Waals surface area contributed by atoms with E-state index < -0.39 is 0 Å². The SMILES string of the molecule is Fc1ccc(C(NCc2ncc(-c3ccc(Cl)cc3)o2)c2cccs2)cc1. The average molecular weight is 399 g/mol. The van der Waals surface area contributed by atoms with Gasteiger partial charge in [0.15, 0.2) is 5.76 Å². The summed E-state index contributed by atoms with van der Waals surface area (Å²) in [5, 5.41) is 6.16. The summed E-state index contributed by atoms with van der Waals surface area (Å²) in [6.45, 7) is 0.452. The Hall–Kier alpha value is -2.47. The number of benzene rings is 2. The molecule has 3 nitrogen and oxygen atoms in total. The van der Waals surface area contributed by atoms with Crippen molar-refractivity contribution in [2.24, 2.45) is 0 Å². The van der Waals surface area contributed by atoms with Crippen LogP contribution < -0.4 is 5.32 Å². The second-order valence-corrected chi connectivity index (χ2v) is 7.42. The largest absolute Gasteiger partial charge is 0.439 e. The van der Waals surface area contributed by atoms with Gasteiger partial charge in [-0.3, -0.25) is 5.32 Å². The molecule has 0 aliphatic carbocycles. The highest BCUT2D eigenvalue weighted by atomic mass is 35.5. The fourth-order valence-electron chi connectivity index (χ4n) is 2.82. The van der Waals surface area contributed by atoms with E-state index in [0.29, 0.717) is 23.2 Å². The second-order valence-electron chi connectivity index (χ2n) is 6.01. The topological polar surface area (TPSA) is 38.1 Å². The number of nitrogens with zero attached hydrogens (tertiary/aromatic N) is 1. The van der Waals surface area contributed by atoms with Crippen molar-refractivity contribution in [3.8, 4) is 11.3 Å². The van der Waals surface area contributed by atoms with E-state index in [1.54, 1.807) is 29.7 Å². The molecule has 1 atom stereocenters. The number of halogens is 2. The number of nitrogens with one attached hydrogen (secondary N) is 1. The van der Waals surface area contributed by atoms with Gasteiger partial charge in [0.05, 0.1) is 18.8 Å². The lowest BCUT2D eigenvalue weighted by Crippen LogP contribution is -2.21. The summed E-state index contributed by atoms with van der Waals surface area (Å²) in [4.78, 5) is 5.50. The van der Waals surface area contributed by atoms with Crippen molar-refractivity contribution in [2.45, 2.75) is 12.6 Å². The number of oxazole rings is 1. The second kappa shape index (κ2) is 8.05. The molecule has 2 heterocycles. The molecule has 2 aromatic heterocycles. The molecule has 0 bridgehead atoms. The third-order valence-corrected chi connectivity index (χ3v) is 5.36. The lowest BCUT2D eigenvalue weighted by molar-refractivity contribution is 0.463. The van der Waals surface area contributed by atoms with Crippen LogP contribution in [0, 0.1) is 5.82 Å². The predicted octanol–water partition coefficient (Wildman–Crippen LogP) is 6.07. The van der Waals surface area contributed by atoms with E-state index in [9.17, 15) is 4.39 Å². The van der Waals surface area contributed by atoms with Gasteiger partial charge < -0.3 is 4.42 Å². The highest BCUT2D eigenvalue weighted by Gasteiger charge is 2.16. The van der Waals surface area contributed by atoms with Crippen LogP contribution in [-0.4, -0.2) is 4.98 Å². The Balaban J connectivity index is 1.51. The summed E-state index contributed by atoms with van der Waals surface area (Å²) >= 11 is 7.58. The molecule has 0 fully saturated rings. The maximum Gasteiger partial charge on any atom is 0.208 e. The predicted molar refractivity (Wildman–Crippen MR) is 106 cm³/mol. The zero-order chi connectivity index (χ0) is 18.6. The smallest absolute Gasteiger partial charge is 0.208 e. The molecule has 4 aromatic rings. The van der Waals surface area contributed by atoms with Gasteiger partial charge >= 0.3 is 0 Å². The number of hydrogen-bond donors (Lipinski definition) is 1. The van der Waals surface area contributed by atoms with Crippen molar-refractivity contribution in [1.82, 2.24) is 10.3 Å². The highest BCUT2D eigenvalue weighted by Crippen LogP contribution is 2.27. The van der Waals surface area contributed by atoms with Gasteiger partial charge in [-0.2, -0.15) is 0 Å². The van der Waals surface area contributed by atoms with Gasteiger partial charge in [-0.05, 0) is 53.4 Å². The van der Waals surface area contributed by atoms with E-state index in [4.69, 9.17) is 16.0 Å². The standard InChI is InChI=1S/C21H16ClFN2OS/c22-16-7-3-14(4-8-16)18-12-24-20(26-18)13-25-21(19-2-1-11-27-19)15-5-9-17(23)10-6-15/h1-12,21,25H,13H2. The van der Waals surface area contributed by atoms with Crippen molar-refractivity contribution in [2.75, 3.05) is 0 Å². The fraction of sp³-hybridized carbons (Fsp3) is 0.0952. The summed E-state index contributed by atoms with van der Waals surface area (Å²) in [7, 11) is 0. The number of aromatic nitrogens is 1. The molecule has 0 radical (unpaired) electrons. The van der Waals surface area contributed by atoms with Gasteiger partial charge in [0.25, 0.3) is 0 Å². The highest BCUT2D eigenvalue weighted by molar-refractivity contribution is 7.10. The van der Waals surface area contributed by atoms with Gasteiger partial charge in [0.2, 0.25) is 5.89 Å². The summed E-state index contributed by atoms with van der Waals surface area (Å²) in [5.74, 6) is 1.03. The molecule has 136 valence electrons. The first-order valence-electron chi connectivity index (χ1n) is 8.42. The Morgan fingerprint density at radius 1 is 1.07 bits per heavy atom. The first kappa shape index (κ1) is 17.9. The minimum absolute atomic E-state index is 0.0588. The number of hydrogen-bond acceptors (Lipinski definition) is 4. The Labute approximate surface area is 165 Å². The van der Waals surface area contributed by atoms with Crippen LogP contribution in [0.5, 0.6) is 0 Å². The van der Waals surface area contributed by atoms with Gasteiger partial charge in [-0.15, -0.1) is 11.3 Å². The van der Waals surface area contributed by atoms with Crippen LogP contribution in [0.2, 0.25) is 5.02 Å². The lowest BCUT2D eigenvalue weighted by Gasteiger charge is -2.17. The molecule has 0 aliphatic heterocycles. The van der Waals surface area contributed by atoms with Crippen LogP contribution in [-0.2, 0) is 6.54 Å². The van der Waals surface area contributed by atoms with Gasteiger partial charge in [0.1, 0.15) is 5.82 Å². The lowest BCUT2D eigenvalue weighted by atomic mass is 10.1. The number of rotatable bonds is 6. The van der Waals surface area contributed by atoms with E-state index in [-0.39, 0.29) is 11.9 Å². The summed E-state index contributed by atoms with van der Waals surface area (Å²) < 4.78 is 19.1. The molecule has 0 saturated heterocycles. The molecular weight excluding hydrogens is 383 g/mol. The minimum atomic E-state index is -0.246. The van der Waals surface area contributed by atoms with Crippen molar-refractivity contribution >= 4 is 22.9 Å². The van der Waals surface area contributed by atoms with E-state index >= 15 is 0 Å². The van der Waals surface area contributed by atoms with E-state index in [0.717, 1.165) is 16.0 Å². The Morgan fingerprint density at radius 2 is 1.85 bits per heavy atom. The molecule has 1 N–H and O–H groups in total. The van der Waals surface area contributed by atoms with Crippen LogP contribution in [0.3, 0.4) is 0 Å². The van der Waals surface area contributed by atoms with E-state index in [2.05, 4.69) is 16.4 Å². The Bertz CT molecular complexity index is 998. The van der Waals surface area contributed by atoms with Crippen LogP contribution in [0.1, 0.15) is 22.4 Å². The monoisotopic (exact) mass is 398 g/mol. The summed E-state index contributed by atoms with van der Waals surface area (Å²) in [6, 6.07) is 18.0. The molecule has 0 amide bonds. The van der Waals surface area contributed by atoms with Gasteiger partial charge in [0, 0.05) is 15.5 Å². The van der Waals surface area contributed by atoms with Crippen LogP contribution in [0.4, 0.5) is 4.39 Å². The first-order valence-corrected chi connectivity index (χ1v) is 9.68. The van der Waals surface area contributed by atoms with Crippen molar-refractivity contribution in [3.05, 3.63) is 99.4 Å². The molecule has 1 unspecified atom stereocenters. The average Bonchev–Trinajstić information content (AvgIpc) is 3.36. The molecule has 0 spiro atoms.